The molecular weight excluding hydrogens is 685 g/mol. The molecule has 55 heavy (non-hydrogen) atoms. The zero-order valence-electron chi connectivity index (χ0n) is 37.0. The van der Waals surface area contributed by atoms with Gasteiger partial charge in [-0.3, -0.25) is 14.4 Å². The van der Waals surface area contributed by atoms with Crippen molar-refractivity contribution in [2.45, 2.75) is 271 Å². The monoisotopic (exact) mass is 777 g/mol. The van der Waals surface area contributed by atoms with E-state index in [1.807, 2.05) is 0 Å². The Hall–Kier alpha value is -1.85. The van der Waals surface area contributed by atoms with Crippen LogP contribution in [0.2, 0.25) is 0 Å². The molecule has 324 valence electrons. The van der Waals surface area contributed by atoms with Gasteiger partial charge in [0, 0.05) is 19.3 Å². The van der Waals surface area contributed by atoms with Gasteiger partial charge in [0.15, 0.2) is 6.10 Å². The summed E-state index contributed by atoms with van der Waals surface area (Å²) >= 11 is 0. The van der Waals surface area contributed by atoms with Gasteiger partial charge >= 0.3 is 17.9 Å². The molecule has 0 aliphatic rings. The smallest absolute Gasteiger partial charge is 0.306 e. The van der Waals surface area contributed by atoms with Crippen LogP contribution in [0.25, 0.3) is 0 Å². The summed E-state index contributed by atoms with van der Waals surface area (Å²) in [6.45, 7) is 6.63. The Morgan fingerprint density at radius 1 is 0.345 bits per heavy atom. The zero-order valence-corrected chi connectivity index (χ0v) is 37.0. The van der Waals surface area contributed by atoms with E-state index in [0.717, 1.165) is 64.2 Å². The highest BCUT2D eigenvalue weighted by atomic mass is 16.6. The summed E-state index contributed by atoms with van der Waals surface area (Å²) in [5, 5.41) is 0. The van der Waals surface area contributed by atoms with Crippen LogP contribution in [0.15, 0.2) is 12.2 Å². The third-order valence-corrected chi connectivity index (χ3v) is 10.8. The maximum atomic E-state index is 12.7. The molecule has 0 aliphatic carbocycles. The SMILES string of the molecule is CCCCCCC=CCCCCCCCC(=O)OC(COC(=O)CCCCCCCCCCCCC)COC(=O)CCCCCCCCCCCCCCC. The van der Waals surface area contributed by atoms with E-state index in [1.54, 1.807) is 0 Å². The summed E-state index contributed by atoms with van der Waals surface area (Å²) < 4.78 is 16.7. The highest BCUT2D eigenvalue weighted by Crippen LogP contribution is 2.15. The number of esters is 3. The van der Waals surface area contributed by atoms with Gasteiger partial charge in [-0.05, 0) is 44.9 Å². The van der Waals surface area contributed by atoms with Crippen LogP contribution in [0, 0.1) is 0 Å². The minimum Gasteiger partial charge on any atom is -0.462 e. The van der Waals surface area contributed by atoms with Crippen molar-refractivity contribution in [3.05, 3.63) is 12.2 Å². The van der Waals surface area contributed by atoms with Crippen LogP contribution in [0.3, 0.4) is 0 Å². The fourth-order valence-electron chi connectivity index (χ4n) is 7.08. The van der Waals surface area contributed by atoms with E-state index in [9.17, 15) is 14.4 Å². The van der Waals surface area contributed by atoms with Crippen LogP contribution in [-0.2, 0) is 28.6 Å². The van der Waals surface area contributed by atoms with Gasteiger partial charge in [0.2, 0.25) is 0 Å². The number of hydrogen-bond donors (Lipinski definition) is 0. The van der Waals surface area contributed by atoms with Crippen molar-refractivity contribution in [2.75, 3.05) is 13.2 Å². The molecule has 0 aromatic rings. The van der Waals surface area contributed by atoms with E-state index in [4.69, 9.17) is 14.2 Å². The Morgan fingerprint density at radius 3 is 0.927 bits per heavy atom. The Balaban J connectivity index is 4.34. The Morgan fingerprint density at radius 2 is 0.600 bits per heavy atom. The van der Waals surface area contributed by atoms with E-state index in [2.05, 4.69) is 32.9 Å². The maximum absolute atomic E-state index is 12.7. The van der Waals surface area contributed by atoms with Crippen molar-refractivity contribution in [3.8, 4) is 0 Å². The molecule has 0 radical (unpaired) electrons. The average molecular weight is 777 g/mol. The minimum absolute atomic E-state index is 0.0686. The molecule has 0 saturated heterocycles. The van der Waals surface area contributed by atoms with Crippen molar-refractivity contribution in [1.29, 1.82) is 0 Å². The molecule has 1 atom stereocenters. The van der Waals surface area contributed by atoms with Crippen molar-refractivity contribution in [2.24, 2.45) is 0 Å². The molecule has 0 saturated carbocycles. The molecule has 0 fully saturated rings. The molecule has 0 amide bonds. The maximum Gasteiger partial charge on any atom is 0.306 e. The number of rotatable bonds is 44. The summed E-state index contributed by atoms with van der Waals surface area (Å²) in [6, 6.07) is 0. The number of ether oxygens (including phenoxy) is 3. The molecule has 0 rings (SSSR count). The normalized spacial score (nSPS) is 12.0. The highest BCUT2D eigenvalue weighted by Gasteiger charge is 2.19. The summed E-state index contributed by atoms with van der Waals surface area (Å²) in [5.74, 6) is -0.866. The van der Waals surface area contributed by atoms with E-state index in [-0.39, 0.29) is 31.1 Å². The second-order valence-corrected chi connectivity index (χ2v) is 16.4. The van der Waals surface area contributed by atoms with Crippen molar-refractivity contribution < 1.29 is 28.6 Å². The van der Waals surface area contributed by atoms with Crippen LogP contribution < -0.4 is 0 Å². The van der Waals surface area contributed by atoms with E-state index in [1.165, 1.54) is 161 Å². The van der Waals surface area contributed by atoms with E-state index in [0.29, 0.717) is 19.3 Å². The van der Waals surface area contributed by atoms with Crippen LogP contribution in [-0.4, -0.2) is 37.2 Å². The van der Waals surface area contributed by atoms with Gasteiger partial charge in [0.1, 0.15) is 13.2 Å². The molecule has 0 aliphatic heterocycles. The predicted octanol–water partition coefficient (Wildman–Crippen LogP) is 15.4. The van der Waals surface area contributed by atoms with Gasteiger partial charge in [0.25, 0.3) is 0 Å². The van der Waals surface area contributed by atoms with Gasteiger partial charge in [0.05, 0.1) is 0 Å². The number of carbonyl (C=O) groups excluding carboxylic acids is 3. The predicted molar refractivity (Wildman–Crippen MR) is 233 cm³/mol. The second-order valence-electron chi connectivity index (χ2n) is 16.4. The molecule has 1 unspecified atom stereocenters. The molecule has 6 nitrogen and oxygen atoms in total. The summed E-state index contributed by atoms with van der Waals surface area (Å²) in [5.41, 5.74) is 0. The lowest BCUT2D eigenvalue weighted by Crippen LogP contribution is -2.30. The number of unbranched alkanes of at least 4 members (excludes halogenated alkanes) is 31. The number of carbonyl (C=O) groups is 3. The third-order valence-electron chi connectivity index (χ3n) is 10.8. The Bertz CT molecular complexity index is 854. The van der Waals surface area contributed by atoms with Crippen molar-refractivity contribution in [3.63, 3.8) is 0 Å². The van der Waals surface area contributed by atoms with Crippen LogP contribution >= 0.6 is 0 Å². The van der Waals surface area contributed by atoms with Crippen LogP contribution in [0.1, 0.15) is 265 Å². The standard InChI is InChI=1S/C49H92O6/c1-4-7-10-13-16-19-22-24-27-30-33-36-39-42-48(51)54-45-46(44-53-47(50)41-38-35-32-29-26-21-18-15-12-9-6-3)55-49(52)43-40-37-34-31-28-25-23-20-17-14-11-8-5-2/h20,23,46H,4-19,21-22,24-45H2,1-3H3. The molecule has 0 N–H and O–H groups in total. The van der Waals surface area contributed by atoms with Crippen molar-refractivity contribution in [1.82, 2.24) is 0 Å². The summed E-state index contributed by atoms with van der Waals surface area (Å²) in [7, 11) is 0. The van der Waals surface area contributed by atoms with E-state index < -0.39 is 6.10 Å². The average Bonchev–Trinajstić information content (AvgIpc) is 3.18. The highest BCUT2D eigenvalue weighted by molar-refractivity contribution is 5.71. The van der Waals surface area contributed by atoms with Gasteiger partial charge in [-0.2, -0.15) is 0 Å². The summed E-state index contributed by atoms with van der Waals surface area (Å²) in [4.78, 5) is 37.8. The molecule has 0 bridgehead atoms. The molecule has 0 aromatic heterocycles. The lowest BCUT2D eigenvalue weighted by Gasteiger charge is -2.18. The van der Waals surface area contributed by atoms with Gasteiger partial charge in [-0.25, -0.2) is 0 Å². The first-order valence-corrected chi connectivity index (χ1v) is 24.2. The molecule has 6 heteroatoms. The first-order chi connectivity index (χ1) is 27.0. The lowest BCUT2D eigenvalue weighted by molar-refractivity contribution is -0.167. The van der Waals surface area contributed by atoms with Gasteiger partial charge < -0.3 is 14.2 Å². The zero-order chi connectivity index (χ0) is 40.1. The van der Waals surface area contributed by atoms with E-state index >= 15 is 0 Å². The number of allylic oxidation sites excluding steroid dienone is 2. The number of hydrogen-bond acceptors (Lipinski definition) is 6. The molecular formula is C49H92O6. The van der Waals surface area contributed by atoms with Crippen LogP contribution in [0.4, 0.5) is 0 Å². The van der Waals surface area contributed by atoms with Crippen LogP contribution in [0.5, 0.6) is 0 Å². The Kier molecular flexibility index (Phi) is 43.4. The largest absolute Gasteiger partial charge is 0.462 e. The molecule has 0 spiro atoms. The minimum atomic E-state index is -0.766. The molecule has 0 heterocycles. The summed E-state index contributed by atoms with van der Waals surface area (Å²) in [6.07, 6.45) is 47.6. The first kappa shape index (κ1) is 53.1. The fourth-order valence-corrected chi connectivity index (χ4v) is 7.08. The third kappa shape index (κ3) is 43.1. The first-order valence-electron chi connectivity index (χ1n) is 24.2. The topological polar surface area (TPSA) is 78.9 Å². The fraction of sp³-hybridized carbons (Fsp3) is 0.898. The Labute approximate surface area is 341 Å². The second kappa shape index (κ2) is 44.9. The molecule has 0 aromatic carbocycles. The lowest BCUT2D eigenvalue weighted by atomic mass is 10.0. The van der Waals surface area contributed by atoms with Gasteiger partial charge in [-0.15, -0.1) is 0 Å². The van der Waals surface area contributed by atoms with Crippen molar-refractivity contribution >= 4 is 17.9 Å². The van der Waals surface area contributed by atoms with Gasteiger partial charge in [-0.1, -0.05) is 213 Å². The quantitative estimate of drug-likeness (QED) is 0.0265.